The zero-order valence-corrected chi connectivity index (χ0v) is 18.0. The molecule has 0 spiro atoms. The average molecular weight is 418 g/mol. The van der Waals surface area contributed by atoms with Crippen molar-refractivity contribution in [3.05, 3.63) is 59.8 Å². The van der Waals surface area contributed by atoms with Gasteiger partial charge < -0.3 is 20.1 Å². The molecule has 3 aromatic rings. The van der Waals surface area contributed by atoms with Crippen molar-refractivity contribution in [2.45, 2.75) is 51.0 Å². The molecule has 5 nitrogen and oxygen atoms in total. The fourth-order valence-electron chi connectivity index (χ4n) is 4.73. The molecule has 2 aromatic carbocycles. The molecule has 2 heterocycles. The van der Waals surface area contributed by atoms with E-state index in [2.05, 4.69) is 52.0 Å². The summed E-state index contributed by atoms with van der Waals surface area (Å²) in [5, 5.41) is 8.33. The van der Waals surface area contributed by atoms with Crippen molar-refractivity contribution < 1.29 is 9.47 Å². The number of rotatable bonds is 8. The van der Waals surface area contributed by atoms with Gasteiger partial charge in [-0.15, -0.1) is 0 Å². The van der Waals surface area contributed by atoms with Crippen molar-refractivity contribution in [3.8, 4) is 11.5 Å². The second-order valence-corrected chi connectivity index (χ2v) is 8.61. The first kappa shape index (κ1) is 20.1. The number of hydrogen-bond acceptors (Lipinski definition) is 5. The average Bonchev–Trinajstić information content (AvgIpc) is 3.29. The molecule has 5 rings (SSSR count). The Morgan fingerprint density at radius 2 is 1.81 bits per heavy atom. The first-order valence-electron chi connectivity index (χ1n) is 11.6. The fraction of sp³-hybridized carbons (Fsp3) is 0.423. The van der Waals surface area contributed by atoms with Gasteiger partial charge in [0.1, 0.15) is 0 Å². The summed E-state index contributed by atoms with van der Waals surface area (Å²) < 4.78 is 10.8. The zero-order chi connectivity index (χ0) is 20.9. The Kier molecular flexibility index (Phi) is 6.21. The summed E-state index contributed by atoms with van der Waals surface area (Å²) in [7, 11) is 0. The minimum atomic E-state index is 0.323. The van der Waals surface area contributed by atoms with Crippen LogP contribution < -0.4 is 20.1 Å². The van der Waals surface area contributed by atoms with Gasteiger partial charge >= 0.3 is 0 Å². The molecular formula is C26H31N3O2. The lowest BCUT2D eigenvalue weighted by atomic mass is 9.84. The number of benzene rings is 2. The first-order valence-corrected chi connectivity index (χ1v) is 11.6. The largest absolute Gasteiger partial charge is 0.454 e. The molecule has 0 atom stereocenters. The smallest absolute Gasteiger partial charge is 0.231 e. The third-order valence-corrected chi connectivity index (χ3v) is 6.46. The molecule has 0 bridgehead atoms. The highest BCUT2D eigenvalue weighted by Gasteiger charge is 2.16. The van der Waals surface area contributed by atoms with E-state index in [4.69, 9.17) is 9.47 Å². The van der Waals surface area contributed by atoms with Gasteiger partial charge in [-0.2, -0.15) is 0 Å². The molecule has 1 fully saturated rings. The van der Waals surface area contributed by atoms with Crippen LogP contribution in [-0.2, 0) is 6.54 Å². The maximum atomic E-state index is 5.44. The van der Waals surface area contributed by atoms with E-state index < -0.39 is 0 Å². The minimum Gasteiger partial charge on any atom is -0.454 e. The number of anilines is 1. The van der Waals surface area contributed by atoms with Crippen LogP contribution in [0.15, 0.2) is 48.7 Å². The molecular weight excluding hydrogens is 386 g/mol. The van der Waals surface area contributed by atoms with E-state index in [0.29, 0.717) is 12.7 Å². The monoisotopic (exact) mass is 417 g/mol. The van der Waals surface area contributed by atoms with E-state index in [1.54, 1.807) is 0 Å². The molecule has 2 N–H and O–H groups in total. The Morgan fingerprint density at radius 3 is 2.74 bits per heavy atom. The van der Waals surface area contributed by atoms with Crippen LogP contribution in [0.4, 0.5) is 5.69 Å². The van der Waals surface area contributed by atoms with Crippen LogP contribution in [0.2, 0.25) is 0 Å². The van der Waals surface area contributed by atoms with Crippen LogP contribution in [0, 0.1) is 0 Å². The maximum Gasteiger partial charge on any atom is 0.231 e. The summed E-state index contributed by atoms with van der Waals surface area (Å²) in [6.07, 6.45) is 9.73. The van der Waals surface area contributed by atoms with Crippen molar-refractivity contribution in [2.24, 2.45) is 0 Å². The van der Waals surface area contributed by atoms with Gasteiger partial charge in [-0.3, -0.25) is 4.98 Å². The topological polar surface area (TPSA) is 55.4 Å². The number of ether oxygens (including phenoxy) is 2. The van der Waals surface area contributed by atoms with Crippen LogP contribution in [0.5, 0.6) is 11.5 Å². The van der Waals surface area contributed by atoms with Gasteiger partial charge in [0, 0.05) is 30.4 Å². The summed E-state index contributed by atoms with van der Waals surface area (Å²) in [6.45, 7) is 3.04. The number of nitrogens with zero attached hydrogens (tertiary/aromatic N) is 1. The number of nitrogens with one attached hydrogen (secondary N) is 2. The van der Waals surface area contributed by atoms with E-state index in [9.17, 15) is 0 Å². The molecule has 0 amide bonds. The normalized spacial score (nSPS) is 16.0. The lowest BCUT2D eigenvalue weighted by molar-refractivity contribution is 0.174. The van der Waals surface area contributed by atoms with Crippen LogP contribution in [-0.4, -0.2) is 24.9 Å². The standard InChI is InChI=1S/C26H31N3O2/c1-2-5-20(6-3-1)21-8-9-22-23(11-14-29-24(22)16-21)28-13-4-12-27-17-19-7-10-25-26(15-19)31-18-30-25/h7-11,14-16,20,27H,1-6,12-13,17-18H2,(H,28,29). The molecule has 1 aliphatic carbocycles. The van der Waals surface area contributed by atoms with Gasteiger partial charge in [-0.25, -0.2) is 0 Å². The summed E-state index contributed by atoms with van der Waals surface area (Å²) >= 11 is 0. The number of fused-ring (bicyclic) bond motifs is 2. The quantitative estimate of drug-likeness (QED) is 0.467. The third-order valence-electron chi connectivity index (χ3n) is 6.46. The lowest BCUT2D eigenvalue weighted by Crippen LogP contribution is -2.17. The Morgan fingerprint density at radius 1 is 0.903 bits per heavy atom. The highest BCUT2D eigenvalue weighted by molar-refractivity contribution is 5.91. The molecule has 162 valence electrons. The molecule has 0 radical (unpaired) electrons. The summed E-state index contributed by atoms with van der Waals surface area (Å²) in [5.41, 5.74) is 4.96. The second kappa shape index (κ2) is 9.56. The minimum absolute atomic E-state index is 0.323. The van der Waals surface area contributed by atoms with Gasteiger partial charge in [0.05, 0.1) is 5.52 Å². The Hall–Kier alpha value is -2.79. The van der Waals surface area contributed by atoms with Gasteiger partial charge in [0.15, 0.2) is 11.5 Å². The highest BCUT2D eigenvalue weighted by atomic mass is 16.7. The van der Waals surface area contributed by atoms with Crippen molar-refractivity contribution in [2.75, 3.05) is 25.2 Å². The molecule has 0 saturated heterocycles. The molecule has 5 heteroatoms. The van der Waals surface area contributed by atoms with Crippen molar-refractivity contribution in [1.29, 1.82) is 0 Å². The molecule has 0 unspecified atom stereocenters. The fourth-order valence-corrected chi connectivity index (χ4v) is 4.73. The van der Waals surface area contributed by atoms with Gasteiger partial charge in [0.2, 0.25) is 6.79 Å². The number of aromatic nitrogens is 1. The third kappa shape index (κ3) is 4.77. The summed E-state index contributed by atoms with van der Waals surface area (Å²) in [5.74, 6) is 2.40. The number of hydrogen-bond donors (Lipinski definition) is 2. The van der Waals surface area contributed by atoms with Gasteiger partial charge in [-0.1, -0.05) is 37.5 Å². The molecule has 1 aliphatic heterocycles. The lowest BCUT2D eigenvalue weighted by Gasteiger charge is -2.22. The van der Waals surface area contributed by atoms with Crippen molar-refractivity contribution >= 4 is 16.6 Å². The summed E-state index contributed by atoms with van der Waals surface area (Å²) in [6, 6.07) is 15.1. The van der Waals surface area contributed by atoms with Crippen molar-refractivity contribution in [1.82, 2.24) is 10.3 Å². The first-order chi connectivity index (χ1) is 15.4. The van der Waals surface area contributed by atoms with Gasteiger partial charge in [0.25, 0.3) is 0 Å². The maximum absolute atomic E-state index is 5.44. The van der Waals surface area contributed by atoms with Gasteiger partial charge in [-0.05, 0) is 67.1 Å². The number of pyridine rings is 1. The molecule has 1 saturated carbocycles. The van der Waals surface area contributed by atoms with E-state index in [-0.39, 0.29) is 0 Å². The SMILES string of the molecule is c1cc(NCCCNCc2ccc3c(c2)OCO3)c2ccc(C3CCCCC3)cc2n1. The van der Waals surface area contributed by atoms with Crippen LogP contribution in [0.1, 0.15) is 55.6 Å². The Labute approximate surface area is 184 Å². The molecule has 2 aliphatic rings. The van der Waals surface area contributed by atoms with E-state index >= 15 is 0 Å². The van der Waals surface area contributed by atoms with Crippen LogP contribution in [0.3, 0.4) is 0 Å². The highest BCUT2D eigenvalue weighted by Crippen LogP contribution is 2.35. The van der Waals surface area contributed by atoms with E-state index in [1.165, 1.54) is 54.3 Å². The zero-order valence-electron chi connectivity index (χ0n) is 18.0. The van der Waals surface area contributed by atoms with Crippen LogP contribution in [0.25, 0.3) is 10.9 Å². The Balaban J connectivity index is 1.11. The van der Waals surface area contributed by atoms with E-state index in [0.717, 1.165) is 43.1 Å². The second-order valence-electron chi connectivity index (χ2n) is 8.61. The van der Waals surface area contributed by atoms with Crippen molar-refractivity contribution in [3.63, 3.8) is 0 Å². The Bertz CT molecular complexity index is 1030. The predicted molar refractivity (Wildman–Crippen MR) is 125 cm³/mol. The summed E-state index contributed by atoms with van der Waals surface area (Å²) in [4.78, 5) is 4.64. The predicted octanol–water partition coefficient (Wildman–Crippen LogP) is 5.60. The van der Waals surface area contributed by atoms with E-state index in [1.807, 2.05) is 12.3 Å². The van der Waals surface area contributed by atoms with Crippen LogP contribution >= 0.6 is 0 Å². The molecule has 31 heavy (non-hydrogen) atoms. The molecule has 1 aromatic heterocycles.